The Balaban J connectivity index is 2.47. The summed E-state index contributed by atoms with van der Waals surface area (Å²) in [6, 6.07) is 0. The number of carbonyl (C=O) groups excluding carboxylic acids is 1. The predicted octanol–water partition coefficient (Wildman–Crippen LogP) is 2.55. The molecule has 1 unspecified atom stereocenters. The van der Waals surface area contributed by atoms with E-state index in [2.05, 4.69) is 0 Å². The van der Waals surface area contributed by atoms with E-state index < -0.39 is 5.60 Å². The van der Waals surface area contributed by atoms with Crippen molar-refractivity contribution >= 4 is 6.09 Å². The second kappa shape index (κ2) is 6.24. The van der Waals surface area contributed by atoms with E-state index in [9.17, 15) is 9.90 Å². The average molecular weight is 243 g/mol. The molecule has 1 N–H and O–H groups in total. The first kappa shape index (κ1) is 14.3. The largest absolute Gasteiger partial charge is 0.444 e. The maximum atomic E-state index is 11.9. The van der Waals surface area contributed by atoms with Crippen LogP contribution in [0, 0.1) is 0 Å². The van der Waals surface area contributed by atoms with Crippen LogP contribution in [0.25, 0.3) is 0 Å². The molecule has 17 heavy (non-hydrogen) atoms. The summed E-state index contributed by atoms with van der Waals surface area (Å²) >= 11 is 0. The number of nitrogens with zero attached hydrogens (tertiary/aromatic N) is 1. The van der Waals surface area contributed by atoms with Crippen molar-refractivity contribution in [3.63, 3.8) is 0 Å². The molecule has 1 atom stereocenters. The second-order valence-corrected chi connectivity index (χ2v) is 5.76. The summed E-state index contributed by atoms with van der Waals surface area (Å²) in [6.45, 7) is 7.06. The zero-order valence-corrected chi connectivity index (χ0v) is 11.2. The first-order valence-corrected chi connectivity index (χ1v) is 6.54. The van der Waals surface area contributed by atoms with Gasteiger partial charge in [0, 0.05) is 13.1 Å². The maximum Gasteiger partial charge on any atom is 0.410 e. The van der Waals surface area contributed by atoms with Gasteiger partial charge in [0.2, 0.25) is 0 Å². The minimum atomic E-state index is -0.435. The number of carbonyl (C=O) groups is 1. The van der Waals surface area contributed by atoms with Gasteiger partial charge in [0.25, 0.3) is 0 Å². The number of aliphatic hydroxyl groups excluding tert-OH is 1. The summed E-state index contributed by atoms with van der Waals surface area (Å²) in [5, 5.41) is 9.62. The lowest BCUT2D eigenvalue weighted by atomic mass is 10.1. The highest BCUT2D eigenvalue weighted by Gasteiger charge is 2.22. The molecular weight excluding hydrogens is 218 g/mol. The fraction of sp³-hybridized carbons (Fsp3) is 0.923. The van der Waals surface area contributed by atoms with E-state index in [1.807, 2.05) is 20.8 Å². The zero-order chi connectivity index (χ0) is 12.9. The van der Waals surface area contributed by atoms with Crippen LogP contribution in [0.4, 0.5) is 4.79 Å². The molecule has 0 saturated carbocycles. The fourth-order valence-corrected chi connectivity index (χ4v) is 1.97. The van der Waals surface area contributed by atoms with E-state index in [1.54, 1.807) is 4.90 Å². The van der Waals surface area contributed by atoms with Crippen molar-refractivity contribution in [3.05, 3.63) is 0 Å². The smallest absolute Gasteiger partial charge is 0.410 e. The maximum absolute atomic E-state index is 11.9. The number of rotatable bonds is 0. The van der Waals surface area contributed by atoms with Gasteiger partial charge in [-0.3, -0.25) is 0 Å². The van der Waals surface area contributed by atoms with Crippen LogP contribution in [-0.2, 0) is 4.74 Å². The Morgan fingerprint density at radius 1 is 1.18 bits per heavy atom. The molecule has 100 valence electrons. The van der Waals surface area contributed by atoms with Crippen molar-refractivity contribution in [2.24, 2.45) is 0 Å². The molecule has 1 saturated heterocycles. The number of hydrogen-bond acceptors (Lipinski definition) is 3. The summed E-state index contributed by atoms with van der Waals surface area (Å²) in [4.78, 5) is 13.7. The highest BCUT2D eigenvalue weighted by molar-refractivity contribution is 5.68. The first-order valence-electron chi connectivity index (χ1n) is 6.54. The molecular formula is C13H25NO3. The monoisotopic (exact) mass is 243 g/mol. The summed E-state index contributed by atoms with van der Waals surface area (Å²) < 4.78 is 5.37. The number of aliphatic hydroxyl groups is 1. The van der Waals surface area contributed by atoms with Crippen LogP contribution in [0.15, 0.2) is 0 Å². The molecule has 0 aromatic rings. The van der Waals surface area contributed by atoms with Gasteiger partial charge in [0.1, 0.15) is 5.60 Å². The molecule has 0 aliphatic carbocycles. The van der Waals surface area contributed by atoms with Gasteiger partial charge < -0.3 is 14.7 Å². The Hall–Kier alpha value is -0.770. The minimum Gasteiger partial charge on any atom is -0.444 e. The summed E-state index contributed by atoms with van der Waals surface area (Å²) in [5.74, 6) is 0. The second-order valence-electron chi connectivity index (χ2n) is 5.76. The van der Waals surface area contributed by atoms with Crippen LogP contribution in [0.5, 0.6) is 0 Å². The van der Waals surface area contributed by atoms with Crippen molar-refractivity contribution < 1.29 is 14.6 Å². The van der Waals surface area contributed by atoms with Gasteiger partial charge in [-0.1, -0.05) is 0 Å². The summed E-state index contributed by atoms with van der Waals surface area (Å²) in [7, 11) is 0. The lowest BCUT2D eigenvalue weighted by Gasteiger charge is -2.27. The van der Waals surface area contributed by atoms with Gasteiger partial charge in [0.15, 0.2) is 0 Å². The first-order chi connectivity index (χ1) is 7.88. The molecule has 0 spiro atoms. The highest BCUT2D eigenvalue weighted by Crippen LogP contribution is 2.15. The van der Waals surface area contributed by atoms with Crippen molar-refractivity contribution in [1.82, 2.24) is 4.90 Å². The molecule has 1 rings (SSSR count). The SMILES string of the molecule is CC(C)(C)OC(=O)N1CCCCC(O)CCC1. The third-order valence-corrected chi connectivity index (χ3v) is 2.83. The number of ether oxygens (including phenoxy) is 1. The third kappa shape index (κ3) is 5.91. The number of amides is 1. The Bertz CT molecular complexity index is 248. The Morgan fingerprint density at radius 3 is 2.41 bits per heavy atom. The minimum absolute atomic E-state index is 0.200. The molecule has 4 heteroatoms. The van der Waals surface area contributed by atoms with Gasteiger partial charge in [-0.25, -0.2) is 4.79 Å². The lowest BCUT2D eigenvalue weighted by molar-refractivity contribution is 0.0244. The lowest BCUT2D eigenvalue weighted by Crippen LogP contribution is -2.37. The highest BCUT2D eigenvalue weighted by atomic mass is 16.6. The van der Waals surface area contributed by atoms with Gasteiger partial charge >= 0.3 is 6.09 Å². The van der Waals surface area contributed by atoms with Crippen molar-refractivity contribution in [2.75, 3.05) is 13.1 Å². The van der Waals surface area contributed by atoms with Crippen LogP contribution in [0.1, 0.15) is 52.9 Å². The van der Waals surface area contributed by atoms with E-state index >= 15 is 0 Å². The van der Waals surface area contributed by atoms with Crippen molar-refractivity contribution in [1.29, 1.82) is 0 Å². The standard InChI is InChI=1S/C13H25NO3/c1-13(2,3)17-12(16)14-9-5-4-7-11(15)8-6-10-14/h11,15H,4-10H2,1-3H3. The molecule has 0 aromatic carbocycles. The van der Waals surface area contributed by atoms with Crippen molar-refractivity contribution in [2.45, 2.75) is 64.6 Å². The zero-order valence-electron chi connectivity index (χ0n) is 11.2. The number of hydrogen-bond donors (Lipinski definition) is 1. The van der Waals surface area contributed by atoms with Gasteiger partial charge in [-0.2, -0.15) is 0 Å². The van der Waals surface area contributed by atoms with E-state index in [0.717, 1.165) is 38.6 Å². The predicted molar refractivity (Wildman–Crippen MR) is 66.9 cm³/mol. The van der Waals surface area contributed by atoms with E-state index in [1.165, 1.54) is 0 Å². The van der Waals surface area contributed by atoms with Crippen LogP contribution >= 0.6 is 0 Å². The van der Waals surface area contributed by atoms with Crippen LogP contribution < -0.4 is 0 Å². The summed E-state index contributed by atoms with van der Waals surface area (Å²) in [6.07, 6.45) is 3.96. The van der Waals surface area contributed by atoms with Crippen LogP contribution in [-0.4, -0.2) is 40.9 Å². The Morgan fingerprint density at radius 2 is 1.76 bits per heavy atom. The van der Waals surface area contributed by atoms with Crippen molar-refractivity contribution in [3.8, 4) is 0 Å². The van der Waals surface area contributed by atoms with E-state index in [-0.39, 0.29) is 12.2 Å². The normalized spacial score (nSPS) is 23.5. The molecule has 4 nitrogen and oxygen atoms in total. The third-order valence-electron chi connectivity index (χ3n) is 2.83. The summed E-state index contributed by atoms with van der Waals surface area (Å²) in [5.41, 5.74) is -0.435. The quantitative estimate of drug-likeness (QED) is 0.711. The molecule has 1 aliphatic rings. The van der Waals surface area contributed by atoms with Crippen LogP contribution in [0.2, 0.25) is 0 Å². The Kier molecular flexibility index (Phi) is 5.25. The van der Waals surface area contributed by atoms with Crippen LogP contribution in [0.3, 0.4) is 0 Å². The fourth-order valence-electron chi connectivity index (χ4n) is 1.97. The molecule has 0 radical (unpaired) electrons. The van der Waals surface area contributed by atoms with E-state index in [0.29, 0.717) is 6.54 Å². The molecule has 1 aliphatic heterocycles. The molecule has 0 bridgehead atoms. The van der Waals surface area contributed by atoms with Gasteiger partial charge in [0.05, 0.1) is 6.10 Å². The molecule has 1 heterocycles. The molecule has 0 aromatic heterocycles. The molecule has 1 fully saturated rings. The average Bonchev–Trinajstić information content (AvgIpc) is 2.27. The van der Waals surface area contributed by atoms with Gasteiger partial charge in [-0.15, -0.1) is 0 Å². The van der Waals surface area contributed by atoms with E-state index in [4.69, 9.17) is 4.74 Å². The van der Waals surface area contributed by atoms with Gasteiger partial charge in [-0.05, 0) is 52.9 Å². The Labute approximate surface area is 104 Å². The molecule has 1 amide bonds. The topological polar surface area (TPSA) is 49.8 Å².